The van der Waals surface area contributed by atoms with Crippen molar-refractivity contribution in [2.45, 2.75) is 30.7 Å². The van der Waals surface area contributed by atoms with E-state index in [0.717, 1.165) is 23.2 Å². The van der Waals surface area contributed by atoms with Crippen molar-refractivity contribution >= 4 is 27.7 Å². The molecule has 0 radical (unpaired) electrons. The van der Waals surface area contributed by atoms with Crippen LogP contribution >= 0.6 is 27.7 Å². The van der Waals surface area contributed by atoms with Crippen LogP contribution in [0.15, 0.2) is 46.3 Å². The first-order valence-electron chi connectivity index (χ1n) is 5.99. The smallest absolute Gasteiger partial charge is 0.0196 e. The molecule has 3 heteroatoms. The maximum atomic E-state index is 3.82. The Bertz CT molecular complexity index is 323. The van der Waals surface area contributed by atoms with Crippen molar-refractivity contribution in [3.63, 3.8) is 0 Å². The Morgan fingerprint density at radius 1 is 1.41 bits per heavy atom. The summed E-state index contributed by atoms with van der Waals surface area (Å²) < 4.78 is 1.13. The summed E-state index contributed by atoms with van der Waals surface area (Å²) in [6, 6.07) is 9.01. The van der Waals surface area contributed by atoms with Gasteiger partial charge in [-0.15, -0.1) is 18.3 Å². The zero-order chi connectivity index (χ0) is 12.5. The molecule has 0 saturated carbocycles. The molecule has 17 heavy (non-hydrogen) atoms. The molecular weight excluding hydrogens is 294 g/mol. The van der Waals surface area contributed by atoms with E-state index >= 15 is 0 Å². The Labute approximate surface area is 117 Å². The highest BCUT2D eigenvalue weighted by Gasteiger charge is 2.06. The molecule has 0 aromatic heterocycles. The first-order valence-corrected chi connectivity index (χ1v) is 7.76. The van der Waals surface area contributed by atoms with Gasteiger partial charge in [0.1, 0.15) is 0 Å². The SMILES string of the molecule is C=CCC(CSc1ccc(Br)cc1)NCCC. The van der Waals surface area contributed by atoms with Gasteiger partial charge in [0.25, 0.3) is 0 Å². The van der Waals surface area contributed by atoms with E-state index < -0.39 is 0 Å². The van der Waals surface area contributed by atoms with Crippen LogP contribution in [0.4, 0.5) is 0 Å². The van der Waals surface area contributed by atoms with E-state index in [1.54, 1.807) is 0 Å². The third-order valence-corrected chi connectivity index (χ3v) is 4.10. The number of thioether (sulfide) groups is 1. The lowest BCUT2D eigenvalue weighted by atomic mass is 10.2. The van der Waals surface area contributed by atoms with Gasteiger partial charge >= 0.3 is 0 Å². The molecule has 0 heterocycles. The van der Waals surface area contributed by atoms with E-state index in [9.17, 15) is 0 Å². The van der Waals surface area contributed by atoms with Crippen LogP contribution in [0, 0.1) is 0 Å². The van der Waals surface area contributed by atoms with Crippen molar-refractivity contribution in [1.82, 2.24) is 5.32 Å². The van der Waals surface area contributed by atoms with Crippen molar-refractivity contribution in [1.29, 1.82) is 0 Å². The highest BCUT2D eigenvalue weighted by Crippen LogP contribution is 2.21. The van der Waals surface area contributed by atoms with Crippen LogP contribution in [0.5, 0.6) is 0 Å². The van der Waals surface area contributed by atoms with Crippen molar-refractivity contribution in [3.05, 3.63) is 41.4 Å². The molecule has 1 rings (SSSR count). The van der Waals surface area contributed by atoms with Gasteiger partial charge in [0.05, 0.1) is 0 Å². The highest BCUT2D eigenvalue weighted by atomic mass is 79.9. The summed E-state index contributed by atoms with van der Waals surface area (Å²) in [5.74, 6) is 1.09. The zero-order valence-corrected chi connectivity index (χ0v) is 12.7. The van der Waals surface area contributed by atoms with Crippen LogP contribution in [0.1, 0.15) is 19.8 Å². The zero-order valence-electron chi connectivity index (χ0n) is 10.3. The molecule has 0 aliphatic carbocycles. The molecule has 0 aliphatic rings. The van der Waals surface area contributed by atoms with Gasteiger partial charge < -0.3 is 5.32 Å². The summed E-state index contributed by atoms with van der Waals surface area (Å²) in [6.45, 7) is 7.10. The van der Waals surface area contributed by atoms with Gasteiger partial charge in [-0.05, 0) is 43.7 Å². The fourth-order valence-electron chi connectivity index (χ4n) is 1.49. The number of nitrogens with one attached hydrogen (secondary N) is 1. The summed E-state index contributed by atoms with van der Waals surface area (Å²) >= 11 is 5.35. The van der Waals surface area contributed by atoms with Crippen molar-refractivity contribution in [3.8, 4) is 0 Å². The Hall–Kier alpha value is -0.250. The van der Waals surface area contributed by atoms with E-state index in [2.05, 4.69) is 59.0 Å². The fraction of sp³-hybridized carbons (Fsp3) is 0.429. The summed E-state index contributed by atoms with van der Waals surface area (Å²) in [7, 11) is 0. The molecule has 1 aromatic rings. The molecule has 0 saturated heterocycles. The maximum Gasteiger partial charge on any atom is 0.0196 e. The van der Waals surface area contributed by atoms with E-state index in [1.165, 1.54) is 11.3 Å². The Morgan fingerprint density at radius 3 is 2.71 bits per heavy atom. The van der Waals surface area contributed by atoms with E-state index in [1.807, 2.05) is 17.8 Å². The average molecular weight is 314 g/mol. The minimum atomic E-state index is 0.529. The van der Waals surface area contributed by atoms with Crippen molar-refractivity contribution in [2.75, 3.05) is 12.3 Å². The minimum Gasteiger partial charge on any atom is -0.313 e. The van der Waals surface area contributed by atoms with Gasteiger partial charge in [0.15, 0.2) is 0 Å². The van der Waals surface area contributed by atoms with E-state index in [0.29, 0.717) is 6.04 Å². The van der Waals surface area contributed by atoms with Gasteiger partial charge in [0.2, 0.25) is 0 Å². The van der Waals surface area contributed by atoms with Gasteiger partial charge in [-0.25, -0.2) is 0 Å². The molecule has 0 spiro atoms. The Balaban J connectivity index is 2.39. The number of rotatable bonds is 8. The Morgan fingerprint density at radius 2 is 2.12 bits per heavy atom. The average Bonchev–Trinajstić information content (AvgIpc) is 2.35. The van der Waals surface area contributed by atoms with Crippen LogP contribution in [-0.2, 0) is 0 Å². The Kier molecular flexibility index (Phi) is 7.65. The largest absolute Gasteiger partial charge is 0.313 e. The van der Waals surface area contributed by atoms with Crippen LogP contribution < -0.4 is 5.32 Å². The fourth-order valence-corrected chi connectivity index (χ4v) is 2.73. The lowest BCUT2D eigenvalue weighted by molar-refractivity contribution is 0.558. The molecule has 1 aromatic carbocycles. The molecule has 0 amide bonds. The summed E-state index contributed by atoms with van der Waals surface area (Å²) in [5, 5.41) is 3.55. The molecule has 94 valence electrons. The normalized spacial score (nSPS) is 12.4. The van der Waals surface area contributed by atoms with Crippen LogP contribution in [0.3, 0.4) is 0 Å². The van der Waals surface area contributed by atoms with Crippen molar-refractivity contribution < 1.29 is 0 Å². The third-order valence-electron chi connectivity index (χ3n) is 2.40. The second-order valence-electron chi connectivity index (χ2n) is 3.94. The van der Waals surface area contributed by atoms with Crippen LogP contribution in [0.25, 0.3) is 0 Å². The number of halogens is 1. The van der Waals surface area contributed by atoms with E-state index in [-0.39, 0.29) is 0 Å². The number of hydrogen-bond acceptors (Lipinski definition) is 2. The predicted octanol–water partition coefficient (Wildman–Crippen LogP) is 4.49. The van der Waals surface area contributed by atoms with Crippen LogP contribution in [0.2, 0.25) is 0 Å². The molecule has 0 fully saturated rings. The van der Waals surface area contributed by atoms with Crippen molar-refractivity contribution in [2.24, 2.45) is 0 Å². The predicted molar refractivity (Wildman–Crippen MR) is 81.8 cm³/mol. The van der Waals surface area contributed by atoms with E-state index in [4.69, 9.17) is 0 Å². The third kappa shape index (κ3) is 6.29. The molecular formula is C14H20BrNS. The second kappa shape index (κ2) is 8.78. The van der Waals surface area contributed by atoms with Gasteiger partial charge in [-0.2, -0.15) is 0 Å². The second-order valence-corrected chi connectivity index (χ2v) is 5.95. The topological polar surface area (TPSA) is 12.0 Å². The first-order chi connectivity index (χ1) is 8.26. The molecule has 0 bridgehead atoms. The standard InChI is InChI=1S/C14H20BrNS/c1-3-5-13(16-10-4-2)11-17-14-8-6-12(15)7-9-14/h3,6-9,13,16H,1,4-5,10-11H2,2H3. The highest BCUT2D eigenvalue weighted by molar-refractivity contribution is 9.10. The summed E-state index contributed by atoms with van der Waals surface area (Å²) in [5.41, 5.74) is 0. The van der Waals surface area contributed by atoms with Gasteiger partial charge in [0, 0.05) is 21.2 Å². The lowest BCUT2D eigenvalue weighted by Crippen LogP contribution is -2.31. The van der Waals surface area contributed by atoms with Gasteiger partial charge in [-0.1, -0.05) is 28.9 Å². The lowest BCUT2D eigenvalue weighted by Gasteiger charge is -2.16. The van der Waals surface area contributed by atoms with Crippen LogP contribution in [-0.4, -0.2) is 18.3 Å². The summed E-state index contributed by atoms with van der Waals surface area (Å²) in [4.78, 5) is 1.32. The quantitative estimate of drug-likeness (QED) is 0.560. The molecule has 0 aliphatic heterocycles. The minimum absolute atomic E-state index is 0.529. The first kappa shape index (κ1) is 14.8. The summed E-state index contributed by atoms with van der Waals surface area (Å²) in [6.07, 6.45) is 4.20. The molecule has 1 nitrogen and oxygen atoms in total. The molecule has 1 unspecified atom stereocenters. The molecule has 1 N–H and O–H groups in total. The number of benzene rings is 1. The monoisotopic (exact) mass is 313 g/mol. The van der Waals surface area contributed by atoms with Gasteiger partial charge in [-0.3, -0.25) is 0 Å². The number of hydrogen-bond donors (Lipinski definition) is 1. The maximum absolute atomic E-state index is 3.82. The molecule has 1 atom stereocenters.